The topological polar surface area (TPSA) is 66.8 Å². The Morgan fingerprint density at radius 1 is 1.39 bits per heavy atom. The van der Waals surface area contributed by atoms with Crippen LogP contribution in [0.25, 0.3) is 0 Å². The molecule has 0 radical (unpaired) electrons. The van der Waals surface area contributed by atoms with Crippen LogP contribution in [0.2, 0.25) is 5.02 Å². The number of likely N-dealkylation sites (tertiary alicyclic amines) is 1. The van der Waals surface area contributed by atoms with Crippen LogP contribution in [0.15, 0.2) is 18.2 Å². The fourth-order valence-corrected chi connectivity index (χ4v) is 2.68. The van der Waals surface area contributed by atoms with Gasteiger partial charge in [-0.05, 0) is 24.6 Å². The molecule has 23 heavy (non-hydrogen) atoms. The molecule has 126 valence electrons. The van der Waals surface area contributed by atoms with Crippen LogP contribution in [0.5, 0.6) is 5.75 Å². The molecule has 1 amide bonds. The molecule has 0 aromatic heterocycles. The van der Waals surface area contributed by atoms with E-state index in [1.807, 2.05) is 0 Å². The van der Waals surface area contributed by atoms with Crippen molar-refractivity contribution in [2.75, 3.05) is 20.2 Å². The Balaban J connectivity index is 2.32. The summed E-state index contributed by atoms with van der Waals surface area (Å²) in [5, 5.41) is 9.31. The maximum atomic E-state index is 13.1. The van der Waals surface area contributed by atoms with Crippen molar-refractivity contribution in [3.8, 4) is 5.75 Å². The number of halogens is 4. The van der Waals surface area contributed by atoms with Crippen molar-refractivity contribution in [1.29, 1.82) is 0 Å². The number of hydrogen-bond acceptors (Lipinski definition) is 3. The van der Waals surface area contributed by atoms with Crippen molar-refractivity contribution in [1.82, 2.24) is 4.90 Å². The number of aliphatic carboxylic acids is 1. The Morgan fingerprint density at radius 2 is 2.04 bits per heavy atom. The van der Waals surface area contributed by atoms with Crippen molar-refractivity contribution in [2.45, 2.75) is 12.6 Å². The van der Waals surface area contributed by atoms with E-state index in [1.165, 1.54) is 25.3 Å². The highest BCUT2D eigenvalue weighted by atomic mass is 35.5. The van der Waals surface area contributed by atoms with Gasteiger partial charge in [-0.1, -0.05) is 11.6 Å². The Labute approximate surface area is 134 Å². The summed E-state index contributed by atoms with van der Waals surface area (Å²) in [4.78, 5) is 24.4. The number of nitrogens with zero attached hydrogens (tertiary/aromatic N) is 1. The molecule has 1 aromatic carbocycles. The monoisotopic (exact) mass is 351 g/mol. The minimum atomic E-state index is -4.95. The summed E-state index contributed by atoms with van der Waals surface area (Å²) < 4.78 is 44.4. The van der Waals surface area contributed by atoms with E-state index in [2.05, 4.69) is 0 Å². The predicted octanol–water partition coefficient (Wildman–Crippen LogP) is 2.83. The Bertz CT molecular complexity index is 649. The number of ether oxygens (including phenoxy) is 1. The minimum Gasteiger partial charge on any atom is -0.496 e. The Kier molecular flexibility index (Phi) is 4.48. The molecule has 0 saturated carbocycles. The first kappa shape index (κ1) is 17.4. The molecule has 1 N–H and O–H groups in total. The lowest BCUT2D eigenvalue weighted by atomic mass is 9.86. The maximum Gasteiger partial charge on any atom is 0.406 e. The molecule has 2 rings (SSSR count). The molecule has 0 aliphatic carbocycles. The molecular formula is C14H13ClF3NO4. The Morgan fingerprint density at radius 3 is 2.52 bits per heavy atom. The highest BCUT2D eigenvalue weighted by molar-refractivity contribution is 6.30. The van der Waals surface area contributed by atoms with Gasteiger partial charge in [0.2, 0.25) is 0 Å². The zero-order valence-electron chi connectivity index (χ0n) is 12.0. The summed E-state index contributed by atoms with van der Waals surface area (Å²) in [7, 11) is 1.30. The van der Waals surface area contributed by atoms with Gasteiger partial charge in [-0.25, -0.2) is 0 Å². The predicted molar refractivity (Wildman–Crippen MR) is 74.6 cm³/mol. The highest BCUT2D eigenvalue weighted by Gasteiger charge is 2.64. The average molecular weight is 352 g/mol. The highest BCUT2D eigenvalue weighted by Crippen LogP contribution is 2.46. The summed E-state index contributed by atoms with van der Waals surface area (Å²) in [5.74, 6) is -2.60. The normalized spacial score (nSPS) is 21.3. The van der Waals surface area contributed by atoms with Crippen LogP contribution in [0.1, 0.15) is 16.8 Å². The van der Waals surface area contributed by atoms with E-state index in [0.717, 1.165) is 4.90 Å². The van der Waals surface area contributed by atoms with Gasteiger partial charge in [0.15, 0.2) is 5.41 Å². The summed E-state index contributed by atoms with van der Waals surface area (Å²) in [6.45, 7) is -1.24. The summed E-state index contributed by atoms with van der Waals surface area (Å²) in [6, 6.07) is 4.10. The lowest BCUT2D eigenvalue weighted by Gasteiger charge is -2.27. The molecule has 1 atom stereocenters. The van der Waals surface area contributed by atoms with Crippen molar-refractivity contribution in [2.24, 2.45) is 5.41 Å². The molecule has 1 fully saturated rings. The van der Waals surface area contributed by atoms with Gasteiger partial charge in [-0.15, -0.1) is 0 Å². The second-order valence-electron chi connectivity index (χ2n) is 5.21. The summed E-state index contributed by atoms with van der Waals surface area (Å²) >= 11 is 5.78. The van der Waals surface area contributed by atoms with Gasteiger partial charge in [0.25, 0.3) is 5.91 Å². The molecule has 1 aliphatic rings. The van der Waals surface area contributed by atoms with Crippen LogP contribution in [-0.4, -0.2) is 48.3 Å². The van der Waals surface area contributed by atoms with E-state index in [1.54, 1.807) is 0 Å². The number of alkyl halides is 3. The van der Waals surface area contributed by atoms with Crippen LogP contribution in [0.3, 0.4) is 0 Å². The second kappa shape index (κ2) is 5.92. The molecule has 0 bridgehead atoms. The van der Waals surface area contributed by atoms with Gasteiger partial charge in [-0.3, -0.25) is 9.59 Å². The van der Waals surface area contributed by atoms with Crippen LogP contribution >= 0.6 is 11.6 Å². The van der Waals surface area contributed by atoms with Gasteiger partial charge in [0.1, 0.15) is 5.75 Å². The van der Waals surface area contributed by atoms with Crippen LogP contribution < -0.4 is 4.74 Å². The average Bonchev–Trinajstić information content (AvgIpc) is 2.92. The summed E-state index contributed by atoms with van der Waals surface area (Å²) in [6.07, 6.45) is -5.63. The molecular weight excluding hydrogens is 339 g/mol. The number of methoxy groups -OCH3 is 1. The number of rotatable bonds is 3. The fraction of sp³-hybridized carbons (Fsp3) is 0.429. The summed E-state index contributed by atoms with van der Waals surface area (Å²) in [5.41, 5.74) is -2.91. The third kappa shape index (κ3) is 2.95. The van der Waals surface area contributed by atoms with Crippen LogP contribution in [0.4, 0.5) is 13.2 Å². The van der Waals surface area contributed by atoms with E-state index in [9.17, 15) is 22.8 Å². The van der Waals surface area contributed by atoms with Gasteiger partial charge < -0.3 is 14.7 Å². The molecule has 1 aromatic rings. The molecule has 0 spiro atoms. The van der Waals surface area contributed by atoms with Gasteiger partial charge >= 0.3 is 12.1 Å². The number of carbonyl (C=O) groups is 2. The lowest BCUT2D eigenvalue weighted by molar-refractivity contribution is -0.227. The third-order valence-electron chi connectivity index (χ3n) is 3.90. The fourth-order valence-electron chi connectivity index (χ4n) is 2.52. The first-order valence-electron chi connectivity index (χ1n) is 6.55. The van der Waals surface area contributed by atoms with Crippen molar-refractivity contribution in [3.63, 3.8) is 0 Å². The molecule has 9 heteroatoms. The van der Waals surface area contributed by atoms with Gasteiger partial charge in [0, 0.05) is 18.1 Å². The first-order valence-corrected chi connectivity index (χ1v) is 6.93. The van der Waals surface area contributed by atoms with E-state index >= 15 is 0 Å². The SMILES string of the molecule is COc1cc(Cl)ccc1C(=O)N1CCC(C(=O)O)(C(F)(F)F)C1. The maximum absolute atomic E-state index is 13.1. The Hall–Kier alpha value is -1.96. The van der Waals surface area contributed by atoms with E-state index in [4.69, 9.17) is 21.4 Å². The quantitative estimate of drug-likeness (QED) is 0.909. The van der Waals surface area contributed by atoms with E-state index < -0.39 is 36.4 Å². The van der Waals surface area contributed by atoms with Crippen molar-refractivity contribution in [3.05, 3.63) is 28.8 Å². The standard InChI is InChI=1S/C14H13ClF3NO4/c1-23-10-6-8(15)2-3-9(10)11(20)19-5-4-13(7-19,12(21)22)14(16,17)18/h2-3,6H,4-5,7H2,1H3,(H,21,22). The van der Waals surface area contributed by atoms with Gasteiger partial charge in [0.05, 0.1) is 12.7 Å². The van der Waals surface area contributed by atoms with Crippen LogP contribution in [0, 0.1) is 5.41 Å². The van der Waals surface area contributed by atoms with Crippen molar-refractivity contribution >= 4 is 23.5 Å². The third-order valence-corrected chi connectivity index (χ3v) is 4.14. The van der Waals surface area contributed by atoms with Crippen LogP contribution in [-0.2, 0) is 4.79 Å². The second-order valence-corrected chi connectivity index (χ2v) is 5.64. The van der Waals surface area contributed by atoms with Gasteiger partial charge in [-0.2, -0.15) is 13.2 Å². The molecule has 1 aliphatic heterocycles. The number of benzene rings is 1. The zero-order chi connectivity index (χ0) is 17.4. The molecule has 1 heterocycles. The number of carbonyl (C=O) groups excluding carboxylic acids is 1. The number of amides is 1. The zero-order valence-corrected chi connectivity index (χ0v) is 12.7. The lowest BCUT2D eigenvalue weighted by Crippen LogP contribution is -2.47. The number of hydrogen-bond donors (Lipinski definition) is 1. The smallest absolute Gasteiger partial charge is 0.406 e. The number of carboxylic acid groups (broad SMARTS) is 1. The minimum absolute atomic E-state index is 0.0280. The number of carboxylic acids is 1. The van der Waals surface area contributed by atoms with E-state index in [0.29, 0.717) is 5.02 Å². The first-order chi connectivity index (χ1) is 10.6. The largest absolute Gasteiger partial charge is 0.496 e. The van der Waals surface area contributed by atoms with Crippen molar-refractivity contribution < 1.29 is 32.6 Å². The molecule has 1 unspecified atom stereocenters. The molecule has 1 saturated heterocycles. The van der Waals surface area contributed by atoms with E-state index in [-0.39, 0.29) is 17.9 Å². The molecule has 5 nitrogen and oxygen atoms in total.